The zero-order valence-electron chi connectivity index (χ0n) is 19.3. The van der Waals surface area contributed by atoms with Crippen molar-refractivity contribution in [3.05, 3.63) is 59.2 Å². The summed E-state index contributed by atoms with van der Waals surface area (Å²) >= 11 is 0. The van der Waals surface area contributed by atoms with Gasteiger partial charge >= 0.3 is 0 Å². The van der Waals surface area contributed by atoms with Crippen molar-refractivity contribution in [1.82, 2.24) is 5.32 Å². The Hall–Kier alpha value is -2.58. The van der Waals surface area contributed by atoms with Gasteiger partial charge in [-0.05, 0) is 61.2 Å². The highest BCUT2D eigenvalue weighted by molar-refractivity contribution is 7.92. The summed E-state index contributed by atoms with van der Waals surface area (Å²) in [5.74, 6) is -0.312. The monoisotopic (exact) mass is 459 g/mol. The number of carbonyl (C=O) groups is 1. The van der Waals surface area contributed by atoms with Gasteiger partial charge in [-0.1, -0.05) is 25.1 Å². The lowest BCUT2D eigenvalue weighted by Crippen LogP contribution is -2.49. The first-order valence-electron chi connectivity index (χ1n) is 11.0. The number of sulfonamides is 1. The molecule has 1 saturated heterocycles. The van der Waals surface area contributed by atoms with E-state index < -0.39 is 16.1 Å². The molecule has 1 fully saturated rings. The maximum absolute atomic E-state index is 13.0. The summed E-state index contributed by atoms with van der Waals surface area (Å²) in [6, 6.07) is 12.7. The molecule has 1 aliphatic heterocycles. The molecule has 7 nitrogen and oxygen atoms in total. The number of hydrogen-bond donors (Lipinski definition) is 1. The predicted octanol–water partition coefficient (Wildman–Crippen LogP) is 3.00. The molecule has 1 aliphatic rings. The van der Waals surface area contributed by atoms with Crippen LogP contribution in [0.2, 0.25) is 0 Å². The van der Waals surface area contributed by atoms with Crippen LogP contribution in [0.25, 0.3) is 0 Å². The Balaban J connectivity index is 1.71. The van der Waals surface area contributed by atoms with Gasteiger partial charge in [0.2, 0.25) is 15.9 Å². The van der Waals surface area contributed by atoms with E-state index in [9.17, 15) is 13.2 Å². The molecule has 32 heavy (non-hydrogen) atoms. The van der Waals surface area contributed by atoms with Crippen molar-refractivity contribution in [3.8, 4) is 0 Å². The van der Waals surface area contributed by atoms with Crippen molar-refractivity contribution in [1.29, 1.82) is 0 Å². The van der Waals surface area contributed by atoms with Gasteiger partial charge in [0.25, 0.3) is 0 Å². The van der Waals surface area contributed by atoms with Crippen LogP contribution in [0.15, 0.2) is 42.5 Å². The summed E-state index contributed by atoms with van der Waals surface area (Å²) in [5.41, 5.74) is 4.65. The van der Waals surface area contributed by atoms with Crippen LogP contribution >= 0.6 is 0 Å². The molecule has 1 unspecified atom stereocenters. The summed E-state index contributed by atoms with van der Waals surface area (Å²) in [5, 5.41) is 2.92. The topological polar surface area (TPSA) is 79.0 Å². The number of amides is 1. The van der Waals surface area contributed by atoms with Gasteiger partial charge in [-0.3, -0.25) is 9.10 Å². The van der Waals surface area contributed by atoms with Crippen LogP contribution in [-0.2, 0) is 26.1 Å². The van der Waals surface area contributed by atoms with Crippen LogP contribution < -0.4 is 14.5 Å². The average molecular weight is 460 g/mol. The van der Waals surface area contributed by atoms with Gasteiger partial charge in [0.1, 0.15) is 6.04 Å². The van der Waals surface area contributed by atoms with E-state index in [4.69, 9.17) is 4.74 Å². The van der Waals surface area contributed by atoms with E-state index in [1.54, 1.807) is 6.07 Å². The molecule has 2 aromatic carbocycles. The van der Waals surface area contributed by atoms with Crippen LogP contribution in [0.1, 0.15) is 30.0 Å². The molecule has 0 radical (unpaired) electrons. The fraction of sp³-hybridized carbons (Fsp3) is 0.458. The summed E-state index contributed by atoms with van der Waals surface area (Å²) < 4.78 is 31.9. The number of anilines is 2. The standard InChI is InChI=1S/C24H33N3O4S/c1-5-23(27(32(4,29)30)22-9-6-18(2)19(3)16-22)24(28)25-17-20-7-10-21(11-8-20)26-12-14-31-15-13-26/h6-11,16,23H,5,12-15,17H2,1-4H3,(H,25,28). The van der Waals surface area contributed by atoms with Crippen LogP contribution in [-0.4, -0.2) is 52.9 Å². The number of morpholine rings is 1. The number of aryl methyl sites for hydroxylation is 2. The Morgan fingerprint density at radius 3 is 2.31 bits per heavy atom. The van der Waals surface area contributed by atoms with Crippen molar-refractivity contribution in [2.24, 2.45) is 0 Å². The van der Waals surface area contributed by atoms with E-state index in [1.807, 2.05) is 57.2 Å². The van der Waals surface area contributed by atoms with Gasteiger partial charge in [0.15, 0.2) is 0 Å². The Morgan fingerprint density at radius 2 is 1.75 bits per heavy atom. The number of rotatable bonds is 8. The normalized spacial score (nSPS) is 15.3. The maximum Gasteiger partial charge on any atom is 0.244 e. The van der Waals surface area contributed by atoms with Gasteiger partial charge in [-0.15, -0.1) is 0 Å². The smallest absolute Gasteiger partial charge is 0.244 e. The first-order valence-corrected chi connectivity index (χ1v) is 12.8. The quantitative estimate of drug-likeness (QED) is 0.657. The van der Waals surface area contributed by atoms with E-state index in [0.717, 1.165) is 54.9 Å². The molecule has 0 aliphatic carbocycles. The molecule has 0 aromatic heterocycles. The van der Waals surface area contributed by atoms with Crippen molar-refractivity contribution in [2.45, 2.75) is 39.8 Å². The Labute approximate surface area is 191 Å². The molecule has 8 heteroatoms. The molecule has 2 aromatic rings. The fourth-order valence-corrected chi connectivity index (χ4v) is 5.08. The Morgan fingerprint density at radius 1 is 1.09 bits per heavy atom. The molecule has 3 rings (SSSR count). The Bertz CT molecular complexity index is 1030. The molecule has 1 N–H and O–H groups in total. The number of hydrogen-bond acceptors (Lipinski definition) is 5. The molecule has 174 valence electrons. The second-order valence-electron chi connectivity index (χ2n) is 8.24. The first kappa shape index (κ1) is 24.1. The zero-order chi connectivity index (χ0) is 23.3. The van der Waals surface area contributed by atoms with Gasteiger partial charge in [-0.2, -0.15) is 0 Å². The van der Waals surface area contributed by atoms with E-state index in [1.165, 1.54) is 4.31 Å². The third-order valence-electron chi connectivity index (χ3n) is 5.85. The number of nitrogens with one attached hydrogen (secondary N) is 1. The largest absolute Gasteiger partial charge is 0.378 e. The second-order valence-corrected chi connectivity index (χ2v) is 10.1. The van der Waals surface area contributed by atoms with Gasteiger partial charge in [-0.25, -0.2) is 8.42 Å². The van der Waals surface area contributed by atoms with Crippen LogP contribution in [0, 0.1) is 13.8 Å². The molecule has 0 bridgehead atoms. The van der Waals surface area contributed by atoms with Crippen molar-refractivity contribution in [2.75, 3.05) is 41.8 Å². The summed E-state index contributed by atoms with van der Waals surface area (Å²) in [6.45, 7) is 9.26. The average Bonchev–Trinajstić information content (AvgIpc) is 2.78. The molecule has 0 spiro atoms. The van der Waals surface area contributed by atoms with Gasteiger partial charge in [0.05, 0.1) is 25.2 Å². The number of carbonyl (C=O) groups excluding carboxylic acids is 1. The second kappa shape index (κ2) is 10.4. The highest BCUT2D eigenvalue weighted by Crippen LogP contribution is 2.25. The maximum atomic E-state index is 13.0. The van der Waals surface area contributed by atoms with E-state index in [2.05, 4.69) is 10.2 Å². The third kappa shape index (κ3) is 5.81. The third-order valence-corrected chi connectivity index (χ3v) is 7.03. The van der Waals surface area contributed by atoms with Gasteiger partial charge in [0, 0.05) is 25.3 Å². The SMILES string of the molecule is CCC(C(=O)NCc1ccc(N2CCOCC2)cc1)N(c1ccc(C)c(C)c1)S(C)(=O)=O. The molecule has 0 saturated carbocycles. The minimum absolute atomic E-state index is 0.312. The number of nitrogens with zero attached hydrogens (tertiary/aromatic N) is 2. The molecular formula is C24H33N3O4S. The lowest BCUT2D eigenvalue weighted by Gasteiger charge is -2.30. The van der Waals surface area contributed by atoms with Crippen molar-refractivity contribution < 1.29 is 17.9 Å². The van der Waals surface area contributed by atoms with E-state index >= 15 is 0 Å². The van der Waals surface area contributed by atoms with Crippen molar-refractivity contribution >= 4 is 27.3 Å². The van der Waals surface area contributed by atoms with Gasteiger partial charge < -0.3 is 15.0 Å². The number of benzene rings is 2. The highest BCUT2D eigenvalue weighted by Gasteiger charge is 2.31. The molecule has 1 atom stereocenters. The summed E-state index contributed by atoms with van der Waals surface area (Å²) in [7, 11) is -3.65. The summed E-state index contributed by atoms with van der Waals surface area (Å²) in [6.07, 6.45) is 1.50. The minimum atomic E-state index is -3.65. The lowest BCUT2D eigenvalue weighted by atomic mass is 10.1. The molecule has 1 heterocycles. The zero-order valence-corrected chi connectivity index (χ0v) is 20.1. The van der Waals surface area contributed by atoms with E-state index in [0.29, 0.717) is 18.7 Å². The molecular weight excluding hydrogens is 426 g/mol. The molecule has 1 amide bonds. The van der Waals surface area contributed by atoms with Crippen LogP contribution in [0.4, 0.5) is 11.4 Å². The first-order chi connectivity index (χ1) is 15.2. The lowest BCUT2D eigenvalue weighted by molar-refractivity contribution is -0.122. The summed E-state index contributed by atoms with van der Waals surface area (Å²) in [4.78, 5) is 15.3. The predicted molar refractivity (Wildman–Crippen MR) is 129 cm³/mol. The fourth-order valence-electron chi connectivity index (χ4n) is 3.88. The number of ether oxygens (including phenoxy) is 1. The van der Waals surface area contributed by atoms with E-state index in [-0.39, 0.29) is 5.91 Å². The van der Waals surface area contributed by atoms with Crippen molar-refractivity contribution in [3.63, 3.8) is 0 Å². The van der Waals surface area contributed by atoms with Crippen LogP contribution in [0.3, 0.4) is 0 Å². The van der Waals surface area contributed by atoms with Crippen LogP contribution in [0.5, 0.6) is 0 Å². The minimum Gasteiger partial charge on any atom is -0.378 e. The highest BCUT2D eigenvalue weighted by atomic mass is 32.2. The Kier molecular flexibility index (Phi) is 7.79.